The molecule has 2 amide bonds. The Labute approximate surface area is 129 Å². The second kappa shape index (κ2) is 6.74. The van der Waals surface area contributed by atoms with Gasteiger partial charge in [-0.15, -0.1) is 0 Å². The maximum Gasteiger partial charge on any atom is 0.241 e. The van der Waals surface area contributed by atoms with E-state index in [1.165, 1.54) is 11.8 Å². The van der Waals surface area contributed by atoms with Crippen molar-refractivity contribution in [1.82, 2.24) is 15.2 Å². The number of pyridine rings is 1. The molecule has 7 nitrogen and oxygen atoms in total. The van der Waals surface area contributed by atoms with Crippen molar-refractivity contribution < 1.29 is 14.7 Å². The number of aliphatic hydroxyl groups is 1. The van der Waals surface area contributed by atoms with Gasteiger partial charge in [-0.25, -0.2) is 4.98 Å². The second-order valence-electron chi connectivity index (χ2n) is 5.74. The number of anilines is 1. The van der Waals surface area contributed by atoms with Crippen molar-refractivity contribution in [3.05, 3.63) is 24.4 Å². The van der Waals surface area contributed by atoms with Crippen LogP contribution in [-0.4, -0.2) is 65.6 Å². The molecule has 2 rings (SSSR count). The molecule has 1 aliphatic rings. The summed E-state index contributed by atoms with van der Waals surface area (Å²) in [4.78, 5) is 30.5. The number of carbonyl (C=O) groups excluding carboxylic acids is 2. The minimum atomic E-state index is -0.960. The van der Waals surface area contributed by atoms with Gasteiger partial charge in [-0.05, 0) is 18.6 Å². The molecule has 1 saturated heterocycles. The van der Waals surface area contributed by atoms with Gasteiger partial charge in [0.25, 0.3) is 0 Å². The lowest BCUT2D eigenvalue weighted by Gasteiger charge is -2.29. The van der Waals surface area contributed by atoms with Crippen LogP contribution in [0.15, 0.2) is 24.4 Å². The fraction of sp³-hybridized carbons (Fsp3) is 0.533. The maximum atomic E-state index is 11.9. The molecule has 1 atom stereocenters. The Morgan fingerprint density at radius 2 is 2.27 bits per heavy atom. The zero-order chi connectivity index (χ0) is 16.2. The van der Waals surface area contributed by atoms with Crippen LogP contribution in [-0.2, 0) is 9.59 Å². The van der Waals surface area contributed by atoms with Crippen molar-refractivity contribution >= 4 is 17.6 Å². The van der Waals surface area contributed by atoms with Gasteiger partial charge < -0.3 is 20.2 Å². The number of hydrogen-bond acceptors (Lipinski definition) is 5. The summed E-state index contributed by atoms with van der Waals surface area (Å²) in [6.07, 6.45) is 2.29. The molecule has 0 saturated carbocycles. The molecule has 0 radical (unpaired) electrons. The largest absolute Gasteiger partial charge is 0.386 e. The number of rotatable bonds is 5. The van der Waals surface area contributed by atoms with Crippen molar-refractivity contribution in [2.45, 2.75) is 18.9 Å². The number of amides is 2. The highest BCUT2D eigenvalue weighted by atomic mass is 16.3. The molecular formula is C15H22N4O3. The lowest BCUT2D eigenvalue weighted by atomic mass is 10.0. The van der Waals surface area contributed by atoms with E-state index >= 15 is 0 Å². The number of aromatic nitrogens is 1. The summed E-state index contributed by atoms with van der Waals surface area (Å²) < 4.78 is 0. The molecule has 2 N–H and O–H groups in total. The van der Waals surface area contributed by atoms with E-state index in [4.69, 9.17) is 0 Å². The highest BCUT2D eigenvalue weighted by Gasteiger charge is 2.38. The van der Waals surface area contributed by atoms with Crippen LogP contribution in [0.2, 0.25) is 0 Å². The first-order valence-electron chi connectivity index (χ1n) is 7.26. The molecule has 120 valence electrons. The number of β-amino-alcohol motifs (C(OH)–C–C–N with tert-alkyl or cyclic N) is 1. The molecule has 22 heavy (non-hydrogen) atoms. The van der Waals surface area contributed by atoms with Crippen LogP contribution in [0.3, 0.4) is 0 Å². The molecule has 1 aliphatic heterocycles. The number of likely N-dealkylation sites (N-methyl/N-ethyl adjacent to an activating group) is 1. The third kappa shape index (κ3) is 4.17. The monoisotopic (exact) mass is 306 g/mol. The first kappa shape index (κ1) is 16.2. The normalized spacial score (nSPS) is 20.8. The van der Waals surface area contributed by atoms with Gasteiger partial charge in [0.1, 0.15) is 11.4 Å². The van der Waals surface area contributed by atoms with Crippen LogP contribution >= 0.6 is 0 Å². The number of nitrogens with zero attached hydrogens (tertiary/aromatic N) is 3. The highest BCUT2D eigenvalue weighted by Crippen LogP contribution is 2.25. The summed E-state index contributed by atoms with van der Waals surface area (Å²) in [5, 5.41) is 13.1. The predicted molar refractivity (Wildman–Crippen MR) is 82.3 cm³/mol. The minimum Gasteiger partial charge on any atom is -0.386 e. The van der Waals surface area contributed by atoms with Gasteiger partial charge in [-0.1, -0.05) is 6.07 Å². The molecule has 2 heterocycles. The molecular weight excluding hydrogens is 284 g/mol. The standard InChI is InChI=1S/C15H22N4O3/c1-12(20)17-9-14(21)18(2)10-15(22)6-8-19(11-15)13-5-3-4-7-16-13/h3-5,7,22H,6,8-11H2,1-2H3,(H,17,20)/t15-/m1/s1. The summed E-state index contributed by atoms with van der Waals surface area (Å²) >= 11 is 0. The Kier molecular flexibility index (Phi) is 4.97. The average Bonchev–Trinajstić information content (AvgIpc) is 2.87. The van der Waals surface area contributed by atoms with E-state index in [1.807, 2.05) is 23.1 Å². The smallest absolute Gasteiger partial charge is 0.241 e. The van der Waals surface area contributed by atoms with Gasteiger partial charge in [0.15, 0.2) is 0 Å². The quantitative estimate of drug-likeness (QED) is 0.774. The van der Waals surface area contributed by atoms with E-state index in [2.05, 4.69) is 10.3 Å². The van der Waals surface area contributed by atoms with Gasteiger partial charge in [0.2, 0.25) is 11.8 Å². The van der Waals surface area contributed by atoms with Crippen LogP contribution in [0.5, 0.6) is 0 Å². The molecule has 0 spiro atoms. The molecule has 0 bridgehead atoms. The van der Waals surface area contributed by atoms with E-state index in [0.29, 0.717) is 19.5 Å². The fourth-order valence-electron chi connectivity index (χ4n) is 2.59. The first-order chi connectivity index (χ1) is 10.4. The van der Waals surface area contributed by atoms with Gasteiger partial charge in [-0.2, -0.15) is 0 Å². The Morgan fingerprint density at radius 3 is 2.91 bits per heavy atom. The Morgan fingerprint density at radius 1 is 1.50 bits per heavy atom. The van der Waals surface area contributed by atoms with Crippen LogP contribution in [0, 0.1) is 0 Å². The molecule has 7 heteroatoms. The van der Waals surface area contributed by atoms with Crippen molar-refractivity contribution in [2.24, 2.45) is 0 Å². The predicted octanol–water partition coefficient (Wildman–Crippen LogP) is -0.383. The summed E-state index contributed by atoms with van der Waals surface area (Å²) in [5.41, 5.74) is -0.960. The Bertz CT molecular complexity index is 537. The topological polar surface area (TPSA) is 85.8 Å². The summed E-state index contributed by atoms with van der Waals surface area (Å²) in [7, 11) is 1.63. The molecule has 0 aliphatic carbocycles. The van der Waals surface area contributed by atoms with Crippen LogP contribution in [0.25, 0.3) is 0 Å². The lowest BCUT2D eigenvalue weighted by molar-refractivity contribution is -0.133. The zero-order valence-electron chi connectivity index (χ0n) is 13.0. The van der Waals surface area contributed by atoms with E-state index in [9.17, 15) is 14.7 Å². The number of nitrogens with one attached hydrogen (secondary N) is 1. The van der Waals surface area contributed by atoms with E-state index in [-0.39, 0.29) is 24.9 Å². The Hall–Kier alpha value is -2.15. The molecule has 0 aromatic carbocycles. The van der Waals surface area contributed by atoms with Gasteiger partial charge in [0.05, 0.1) is 13.1 Å². The minimum absolute atomic E-state index is 0.0497. The van der Waals surface area contributed by atoms with Crippen molar-refractivity contribution in [1.29, 1.82) is 0 Å². The van der Waals surface area contributed by atoms with E-state index in [0.717, 1.165) is 5.82 Å². The fourth-order valence-corrected chi connectivity index (χ4v) is 2.59. The molecule has 1 aromatic rings. The first-order valence-corrected chi connectivity index (χ1v) is 7.26. The Balaban J connectivity index is 1.90. The summed E-state index contributed by atoms with van der Waals surface area (Å²) in [6, 6.07) is 5.65. The van der Waals surface area contributed by atoms with Gasteiger partial charge in [-0.3, -0.25) is 9.59 Å². The number of carbonyl (C=O) groups is 2. The SMILES string of the molecule is CC(=O)NCC(=O)N(C)C[C@]1(O)CCN(c2ccccn2)C1. The lowest BCUT2D eigenvalue weighted by Crippen LogP contribution is -2.48. The zero-order valence-corrected chi connectivity index (χ0v) is 13.0. The molecule has 0 unspecified atom stereocenters. The van der Waals surface area contributed by atoms with Crippen LogP contribution in [0.4, 0.5) is 5.82 Å². The average molecular weight is 306 g/mol. The maximum absolute atomic E-state index is 11.9. The van der Waals surface area contributed by atoms with Crippen LogP contribution in [0.1, 0.15) is 13.3 Å². The van der Waals surface area contributed by atoms with Crippen LogP contribution < -0.4 is 10.2 Å². The van der Waals surface area contributed by atoms with E-state index < -0.39 is 5.60 Å². The number of hydrogen-bond donors (Lipinski definition) is 2. The molecule has 1 aromatic heterocycles. The third-order valence-electron chi connectivity index (χ3n) is 3.75. The molecule has 1 fully saturated rings. The summed E-state index contributed by atoms with van der Waals surface area (Å²) in [5.74, 6) is 0.355. The van der Waals surface area contributed by atoms with Crippen molar-refractivity contribution in [2.75, 3.05) is 38.1 Å². The van der Waals surface area contributed by atoms with Crippen molar-refractivity contribution in [3.63, 3.8) is 0 Å². The van der Waals surface area contributed by atoms with Gasteiger partial charge in [0, 0.05) is 33.3 Å². The van der Waals surface area contributed by atoms with E-state index in [1.54, 1.807) is 13.2 Å². The third-order valence-corrected chi connectivity index (χ3v) is 3.75. The van der Waals surface area contributed by atoms with Gasteiger partial charge >= 0.3 is 0 Å². The summed E-state index contributed by atoms with van der Waals surface area (Å²) in [6.45, 7) is 2.67. The highest BCUT2D eigenvalue weighted by molar-refractivity contribution is 5.83. The second-order valence-corrected chi connectivity index (χ2v) is 5.74. The van der Waals surface area contributed by atoms with Crippen molar-refractivity contribution in [3.8, 4) is 0 Å².